The van der Waals surface area contributed by atoms with Crippen molar-refractivity contribution in [1.82, 2.24) is 10.6 Å². The van der Waals surface area contributed by atoms with Crippen molar-refractivity contribution in [3.63, 3.8) is 0 Å². The molecule has 0 aromatic carbocycles. The summed E-state index contributed by atoms with van der Waals surface area (Å²) in [5.74, 6) is 0.538. The molecule has 18 heavy (non-hydrogen) atoms. The Morgan fingerprint density at radius 3 is 2.39 bits per heavy atom. The van der Waals surface area contributed by atoms with E-state index in [-0.39, 0.29) is 18.6 Å². The predicted molar refractivity (Wildman–Crippen MR) is 75.5 cm³/mol. The fourth-order valence-electron chi connectivity index (χ4n) is 2.16. The fourth-order valence-corrected chi connectivity index (χ4v) is 2.16. The summed E-state index contributed by atoms with van der Waals surface area (Å²) in [5.41, 5.74) is 0. The summed E-state index contributed by atoms with van der Waals surface area (Å²) in [7, 11) is 0. The van der Waals surface area contributed by atoms with Crippen LogP contribution in [0.5, 0.6) is 0 Å². The second-order valence-corrected chi connectivity index (χ2v) is 5.06. The van der Waals surface area contributed by atoms with Crippen LogP contribution in [0, 0.1) is 5.92 Å². The number of nitrogens with one attached hydrogen (secondary N) is 2. The van der Waals surface area contributed by atoms with Crippen LogP contribution in [-0.4, -0.2) is 36.8 Å². The van der Waals surface area contributed by atoms with Crippen molar-refractivity contribution in [2.75, 3.05) is 19.7 Å². The van der Waals surface area contributed by atoms with Gasteiger partial charge in [0.1, 0.15) is 0 Å². The van der Waals surface area contributed by atoms with Crippen LogP contribution in [-0.2, 0) is 4.79 Å². The minimum atomic E-state index is 0.0650. The minimum Gasteiger partial charge on any atom is -0.396 e. The van der Waals surface area contributed by atoms with Crippen molar-refractivity contribution in [2.24, 2.45) is 5.92 Å². The number of amides is 1. The molecule has 0 bridgehead atoms. The van der Waals surface area contributed by atoms with Gasteiger partial charge in [0.05, 0.1) is 6.54 Å². The highest BCUT2D eigenvalue weighted by molar-refractivity contribution is 5.78. The zero-order valence-electron chi connectivity index (χ0n) is 12.2. The normalized spacial score (nSPS) is 14.2. The van der Waals surface area contributed by atoms with E-state index in [4.69, 9.17) is 5.11 Å². The number of hydrogen-bond acceptors (Lipinski definition) is 3. The molecule has 4 nitrogen and oxygen atoms in total. The van der Waals surface area contributed by atoms with Gasteiger partial charge in [-0.2, -0.15) is 0 Å². The second kappa shape index (κ2) is 11.5. The van der Waals surface area contributed by atoms with E-state index < -0.39 is 0 Å². The molecule has 0 spiro atoms. The average molecular weight is 258 g/mol. The van der Waals surface area contributed by atoms with Gasteiger partial charge >= 0.3 is 0 Å². The summed E-state index contributed by atoms with van der Waals surface area (Å²) in [6, 6.07) is 0.258. The molecule has 1 amide bonds. The zero-order valence-corrected chi connectivity index (χ0v) is 12.2. The van der Waals surface area contributed by atoms with Gasteiger partial charge in [0, 0.05) is 12.6 Å². The molecule has 0 rings (SSSR count). The van der Waals surface area contributed by atoms with Gasteiger partial charge in [-0.25, -0.2) is 0 Å². The smallest absolute Gasteiger partial charge is 0.234 e. The number of carbonyl (C=O) groups is 1. The first-order valence-corrected chi connectivity index (χ1v) is 7.24. The molecule has 0 saturated heterocycles. The largest absolute Gasteiger partial charge is 0.396 e. The minimum absolute atomic E-state index is 0.0650. The third kappa shape index (κ3) is 9.42. The number of carbonyl (C=O) groups excluding carboxylic acids is 1. The second-order valence-electron chi connectivity index (χ2n) is 5.06. The predicted octanol–water partition coefficient (Wildman–Crippen LogP) is 1.68. The van der Waals surface area contributed by atoms with E-state index in [9.17, 15) is 4.79 Å². The molecular formula is C14H30N2O2. The summed E-state index contributed by atoms with van der Waals surface area (Å²) >= 11 is 0. The van der Waals surface area contributed by atoms with Gasteiger partial charge in [0.15, 0.2) is 0 Å². The van der Waals surface area contributed by atoms with Crippen LogP contribution in [0.3, 0.4) is 0 Å². The topological polar surface area (TPSA) is 61.4 Å². The molecule has 2 atom stereocenters. The number of hydrogen-bond donors (Lipinski definition) is 3. The Hall–Kier alpha value is -0.610. The van der Waals surface area contributed by atoms with Gasteiger partial charge in [-0.1, -0.05) is 26.7 Å². The lowest BCUT2D eigenvalue weighted by atomic mass is 10.0. The van der Waals surface area contributed by atoms with E-state index >= 15 is 0 Å². The molecule has 108 valence electrons. The Bertz CT molecular complexity index is 204. The first-order chi connectivity index (χ1) is 8.63. The van der Waals surface area contributed by atoms with Crippen molar-refractivity contribution in [3.05, 3.63) is 0 Å². The van der Waals surface area contributed by atoms with E-state index in [1.165, 1.54) is 0 Å². The van der Waals surface area contributed by atoms with Crippen molar-refractivity contribution in [3.8, 4) is 0 Å². The third-order valence-electron chi connectivity index (χ3n) is 3.08. The molecule has 0 aromatic rings. The maximum absolute atomic E-state index is 11.6. The first-order valence-electron chi connectivity index (χ1n) is 7.24. The fraction of sp³-hybridized carbons (Fsp3) is 0.929. The number of aliphatic hydroxyl groups is 1. The number of rotatable bonds is 11. The standard InChI is InChI=1S/C14H30N2O2/c1-4-6-12(3)16-14(18)11-15-10-13(7-5-2)8-9-17/h12-13,15,17H,4-11H2,1-3H3,(H,16,18). The van der Waals surface area contributed by atoms with Crippen LogP contribution in [0.25, 0.3) is 0 Å². The quantitative estimate of drug-likeness (QED) is 0.528. The molecule has 2 unspecified atom stereocenters. The van der Waals surface area contributed by atoms with Gasteiger partial charge in [-0.3, -0.25) is 4.79 Å². The Morgan fingerprint density at radius 2 is 1.83 bits per heavy atom. The first kappa shape index (κ1) is 17.4. The third-order valence-corrected chi connectivity index (χ3v) is 3.08. The number of aliphatic hydroxyl groups excluding tert-OH is 1. The average Bonchev–Trinajstić information content (AvgIpc) is 2.29. The highest BCUT2D eigenvalue weighted by Gasteiger charge is 2.09. The summed E-state index contributed by atoms with van der Waals surface area (Å²) in [5, 5.41) is 15.1. The van der Waals surface area contributed by atoms with Crippen molar-refractivity contribution < 1.29 is 9.90 Å². The van der Waals surface area contributed by atoms with Gasteiger partial charge in [0.25, 0.3) is 0 Å². The van der Waals surface area contributed by atoms with Crippen LogP contribution in [0.1, 0.15) is 52.9 Å². The molecule has 0 radical (unpaired) electrons. The van der Waals surface area contributed by atoms with Crippen molar-refractivity contribution >= 4 is 5.91 Å². The molecule has 3 N–H and O–H groups in total. The van der Waals surface area contributed by atoms with Crippen LogP contribution in [0.15, 0.2) is 0 Å². The molecule has 4 heteroatoms. The highest BCUT2D eigenvalue weighted by Crippen LogP contribution is 2.08. The van der Waals surface area contributed by atoms with E-state index in [2.05, 4.69) is 24.5 Å². The Balaban J connectivity index is 3.70. The maximum Gasteiger partial charge on any atom is 0.234 e. The Kier molecular flexibility index (Phi) is 11.1. The van der Waals surface area contributed by atoms with Crippen LogP contribution in [0.2, 0.25) is 0 Å². The van der Waals surface area contributed by atoms with Crippen molar-refractivity contribution in [1.29, 1.82) is 0 Å². The van der Waals surface area contributed by atoms with Crippen LogP contribution < -0.4 is 10.6 Å². The molecule has 0 heterocycles. The molecule has 0 fully saturated rings. The molecule has 0 aliphatic rings. The van der Waals surface area contributed by atoms with Gasteiger partial charge in [0.2, 0.25) is 5.91 Å². The summed E-state index contributed by atoms with van der Waals surface area (Å²) < 4.78 is 0. The van der Waals surface area contributed by atoms with Crippen LogP contribution in [0.4, 0.5) is 0 Å². The zero-order chi connectivity index (χ0) is 13.8. The Labute approximate surface area is 112 Å². The van der Waals surface area contributed by atoms with Gasteiger partial charge in [-0.15, -0.1) is 0 Å². The lowest BCUT2D eigenvalue weighted by Gasteiger charge is -2.17. The molecule has 0 saturated carbocycles. The highest BCUT2D eigenvalue weighted by atomic mass is 16.3. The monoisotopic (exact) mass is 258 g/mol. The molecular weight excluding hydrogens is 228 g/mol. The van der Waals surface area contributed by atoms with E-state index in [0.29, 0.717) is 12.5 Å². The van der Waals surface area contributed by atoms with Crippen molar-refractivity contribution in [2.45, 2.75) is 58.9 Å². The molecule has 0 aliphatic heterocycles. The maximum atomic E-state index is 11.6. The summed E-state index contributed by atoms with van der Waals surface area (Å²) in [6.07, 6.45) is 5.14. The van der Waals surface area contributed by atoms with E-state index in [1.54, 1.807) is 0 Å². The molecule has 0 aliphatic carbocycles. The summed E-state index contributed by atoms with van der Waals surface area (Å²) in [4.78, 5) is 11.6. The van der Waals surface area contributed by atoms with Gasteiger partial charge < -0.3 is 15.7 Å². The Morgan fingerprint density at radius 1 is 1.17 bits per heavy atom. The van der Waals surface area contributed by atoms with E-state index in [1.807, 2.05) is 6.92 Å². The lowest BCUT2D eigenvalue weighted by Crippen LogP contribution is -2.40. The van der Waals surface area contributed by atoms with Gasteiger partial charge in [-0.05, 0) is 38.6 Å². The summed E-state index contributed by atoms with van der Waals surface area (Å²) in [6.45, 7) is 7.71. The lowest BCUT2D eigenvalue weighted by molar-refractivity contribution is -0.120. The van der Waals surface area contributed by atoms with Crippen LogP contribution >= 0.6 is 0 Å². The molecule has 0 aromatic heterocycles. The van der Waals surface area contributed by atoms with E-state index in [0.717, 1.165) is 38.6 Å². The SMILES string of the molecule is CCCC(CCO)CNCC(=O)NC(C)CCC.